The third kappa shape index (κ3) is 53.4. The van der Waals surface area contributed by atoms with Gasteiger partial charge in [-0.2, -0.15) is 0 Å². The molecule has 78 heavy (non-hydrogen) atoms. The van der Waals surface area contributed by atoms with Gasteiger partial charge in [-0.25, -0.2) is 9.13 Å². The molecule has 3 N–H and O–H groups in total. The van der Waals surface area contributed by atoms with E-state index in [1.165, 1.54) is 122 Å². The fourth-order valence-corrected chi connectivity index (χ4v) is 10.3. The summed E-state index contributed by atoms with van der Waals surface area (Å²) in [6.45, 7) is 4.76. The summed E-state index contributed by atoms with van der Waals surface area (Å²) in [5.74, 6) is -2.15. The van der Waals surface area contributed by atoms with Crippen LogP contribution in [-0.4, -0.2) is 96.7 Å². The molecule has 0 aromatic heterocycles. The smallest absolute Gasteiger partial charge is 0.462 e. The van der Waals surface area contributed by atoms with Crippen molar-refractivity contribution in [2.45, 2.75) is 316 Å². The molecule has 0 fully saturated rings. The van der Waals surface area contributed by atoms with Gasteiger partial charge in [0, 0.05) is 25.7 Å². The first-order chi connectivity index (χ1) is 37.7. The summed E-state index contributed by atoms with van der Waals surface area (Å²) in [5, 5.41) is 10.5. The lowest BCUT2D eigenvalue weighted by molar-refractivity contribution is -0.161. The normalized spacial score (nSPS) is 14.3. The molecule has 0 aromatic rings. The molecule has 0 bridgehead atoms. The zero-order valence-corrected chi connectivity index (χ0v) is 51.4. The molecule has 0 rings (SSSR count). The molecule has 0 aromatic carbocycles. The molecule has 17 nitrogen and oxygen atoms in total. The zero-order chi connectivity index (χ0) is 57.6. The predicted molar refractivity (Wildman–Crippen MR) is 308 cm³/mol. The summed E-state index contributed by atoms with van der Waals surface area (Å²) in [4.78, 5) is 71.7. The van der Waals surface area contributed by atoms with Crippen LogP contribution in [-0.2, 0) is 65.4 Å². The molecule has 0 heterocycles. The number of unbranched alkanes of at least 4 members (excludes halogenated alkanes) is 34. The van der Waals surface area contributed by atoms with E-state index in [2.05, 4.69) is 27.7 Å². The van der Waals surface area contributed by atoms with E-state index in [4.69, 9.17) is 37.0 Å². The Morgan fingerprint density at radius 1 is 0.308 bits per heavy atom. The van der Waals surface area contributed by atoms with Crippen LogP contribution in [0.25, 0.3) is 0 Å². The Kier molecular flexibility index (Phi) is 53.0. The van der Waals surface area contributed by atoms with Gasteiger partial charge in [-0.1, -0.05) is 246 Å². The van der Waals surface area contributed by atoms with Crippen molar-refractivity contribution in [3.05, 3.63) is 0 Å². The van der Waals surface area contributed by atoms with Crippen LogP contribution < -0.4 is 0 Å². The van der Waals surface area contributed by atoms with E-state index in [0.717, 1.165) is 96.3 Å². The second-order valence-electron chi connectivity index (χ2n) is 21.4. The van der Waals surface area contributed by atoms with E-state index >= 15 is 0 Å². The number of aliphatic hydroxyl groups excluding tert-OH is 1. The molecule has 0 radical (unpaired) electrons. The third-order valence-corrected chi connectivity index (χ3v) is 15.5. The molecule has 0 saturated heterocycles. The quantitative estimate of drug-likeness (QED) is 0.0222. The number of aliphatic hydroxyl groups is 1. The van der Waals surface area contributed by atoms with Crippen LogP contribution in [0.2, 0.25) is 0 Å². The summed E-state index contributed by atoms with van der Waals surface area (Å²) in [6.07, 6.45) is 37.8. The maximum absolute atomic E-state index is 12.9. The molecule has 0 aliphatic carbocycles. The first kappa shape index (κ1) is 76.1. The van der Waals surface area contributed by atoms with Gasteiger partial charge in [0.15, 0.2) is 12.2 Å². The molecular formula is C59H114O17P2. The molecular weight excluding hydrogens is 1040 g/mol. The van der Waals surface area contributed by atoms with Gasteiger partial charge in [0.2, 0.25) is 0 Å². The fourth-order valence-electron chi connectivity index (χ4n) is 8.75. The van der Waals surface area contributed by atoms with Crippen LogP contribution in [0.4, 0.5) is 0 Å². The summed E-state index contributed by atoms with van der Waals surface area (Å²) >= 11 is 0. The number of carbonyl (C=O) groups excluding carboxylic acids is 4. The Balaban J connectivity index is 5.17. The first-order valence-electron chi connectivity index (χ1n) is 31.3. The summed E-state index contributed by atoms with van der Waals surface area (Å²) in [6, 6.07) is 0. The zero-order valence-electron chi connectivity index (χ0n) is 49.6. The number of phosphoric ester groups is 2. The lowest BCUT2D eigenvalue weighted by Crippen LogP contribution is -2.30. The van der Waals surface area contributed by atoms with Gasteiger partial charge < -0.3 is 33.8 Å². The summed E-state index contributed by atoms with van der Waals surface area (Å²) in [7, 11) is -9.86. The van der Waals surface area contributed by atoms with Crippen molar-refractivity contribution >= 4 is 39.5 Å². The SMILES string of the molecule is CCCCCCCCCCCCCCCC(=O)O[C@H](COC(=O)CCCCCCCCCCCC)COP(=O)(O)OC[C@@H](O)COP(=O)(O)OC[C@@H](COC(=O)CCCCCCC)OC(=O)CCCCCCCCCCCC. The number of hydrogen-bond acceptors (Lipinski definition) is 15. The van der Waals surface area contributed by atoms with Crippen LogP contribution in [0.15, 0.2) is 0 Å². The predicted octanol–water partition coefficient (Wildman–Crippen LogP) is 16.0. The highest BCUT2D eigenvalue weighted by molar-refractivity contribution is 7.47. The second kappa shape index (κ2) is 54.3. The van der Waals surface area contributed by atoms with Crippen LogP contribution in [0, 0.1) is 0 Å². The summed E-state index contributed by atoms with van der Waals surface area (Å²) in [5.41, 5.74) is 0. The van der Waals surface area contributed by atoms with Gasteiger partial charge in [0.25, 0.3) is 0 Å². The molecule has 2 unspecified atom stereocenters. The Hall–Kier alpha value is -1.94. The van der Waals surface area contributed by atoms with E-state index in [1.54, 1.807) is 0 Å². The highest BCUT2D eigenvalue weighted by Gasteiger charge is 2.30. The van der Waals surface area contributed by atoms with Gasteiger partial charge in [-0.15, -0.1) is 0 Å². The van der Waals surface area contributed by atoms with Crippen molar-refractivity contribution in [1.29, 1.82) is 0 Å². The van der Waals surface area contributed by atoms with Gasteiger partial charge in [0.1, 0.15) is 19.3 Å². The third-order valence-electron chi connectivity index (χ3n) is 13.6. The van der Waals surface area contributed by atoms with Crippen molar-refractivity contribution in [2.75, 3.05) is 39.6 Å². The molecule has 0 amide bonds. The average molecular weight is 1160 g/mol. The molecule has 19 heteroatoms. The highest BCUT2D eigenvalue weighted by Crippen LogP contribution is 2.45. The van der Waals surface area contributed by atoms with E-state index in [1.807, 2.05) is 0 Å². The van der Waals surface area contributed by atoms with Gasteiger partial charge in [-0.05, 0) is 25.7 Å². The number of phosphoric acid groups is 2. The standard InChI is InChI=1S/C59H114O17P2/c1-5-9-13-17-20-23-26-27-28-31-34-38-42-46-59(64)76-55(50-70-57(62)44-40-36-32-29-24-21-18-14-10-6-2)52-74-78(67,68)72-48-53(60)47-71-77(65,66)73-51-54(49-69-56(61)43-39-35-16-12-8-4)75-58(63)45-41-37-33-30-25-22-19-15-11-7-3/h53-55,60H,5-52H2,1-4H3,(H,65,66)(H,67,68)/t53-,54+,55+/m0/s1. The molecule has 0 saturated carbocycles. The molecule has 0 aliphatic heterocycles. The van der Waals surface area contributed by atoms with Gasteiger partial charge in [0.05, 0.1) is 26.4 Å². The molecule has 0 spiro atoms. The number of rotatable bonds is 60. The Labute approximate surface area is 473 Å². The Bertz CT molecular complexity index is 1520. The van der Waals surface area contributed by atoms with Crippen molar-refractivity contribution in [3.63, 3.8) is 0 Å². The number of carbonyl (C=O) groups is 4. The van der Waals surface area contributed by atoms with Crippen LogP contribution in [0.1, 0.15) is 297 Å². The van der Waals surface area contributed by atoms with Gasteiger partial charge in [-0.3, -0.25) is 37.3 Å². The van der Waals surface area contributed by atoms with E-state index < -0.39 is 97.5 Å². The van der Waals surface area contributed by atoms with Crippen molar-refractivity contribution in [3.8, 4) is 0 Å². The Morgan fingerprint density at radius 2 is 0.513 bits per heavy atom. The second-order valence-corrected chi connectivity index (χ2v) is 24.3. The van der Waals surface area contributed by atoms with Crippen LogP contribution >= 0.6 is 15.6 Å². The largest absolute Gasteiger partial charge is 0.472 e. The fraction of sp³-hybridized carbons (Fsp3) is 0.932. The van der Waals surface area contributed by atoms with Crippen molar-refractivity contribution in [1.82, 2.24) is 0 Å². The monoisotopic (exact) mass is 1160 g/mol. The molecule has 5 atom stereocenters. The average Bonchev–Trinajstić information content (AvgIpc) is 3.41. The molecule has 0 aliphatic rings. The maximum atomic E-state index is 12.9. The lowest BCUT2D eigenvalue weighted by atomic mass is 10.0. The minimum Gasteiger partial charge on any atom is -0.462 e. The van der Waals surface area contributed by atoms with Crippen LogP contribution in [0.3, 0.4) is 0 Å². The number of ether oxygens (including phenoxy) is 4. The van der Waals surface area contributed by atoms with E-state index in [0.29, 0.717) is 25.7 Å². The minimum absolute atomic E-state index is 0.106. The van der Waals surface area contributed by atoms with Crippen molar-refractivity contribution < 1.29 is 80.2 Å². The Morgan fingerprint density at radius 3 is 0.756 bits per heavy atom. The summed E-state index contributed by atoms with van der Waals surface area (Å²) < 4.78 is 67.6. The maximum Gasteiger partial charge on any atom is 0.472 e. The lowest BCUT2D eigenvalue weighted by Gasteiger charge is -2.21. The topological polar surface area (TPSA) is 237 Å². The molecule has 462 valence electrons. The van der Waals surface area contributed by atoms with E-state index in [-0.39, 0.29) is 25.7 Å². The minimum atomic E-state index is -4.94. The van der Waals surface area contributed by atoms with Crippen molar-refractivity contribution in [2.24, 2.45) is 0 Å². The first-order valence-corrected chi connectivity index (χ1v) is 34.3. The van der Waals surface area contributed by atoms with Crippen LogP contribution in [0.5, 0.6) is 0 Å². The van der Waals surface area contributed by atoms with Gasteiger partial charge >= 0.3 is 39.5 Å². The highest BCUT2D eigenvalue weighted by atomic mass is 31.2. The number of esters is 4. The van der Waals surface area contributed by atoms with E-state index in [9.17, 15) is 43.2 Å². The number of hydrogen-bond donors (Lipinski definition) is 3.